The average Bonchev–Trinajstić information content (AvgIpc) is 3.01. The molecule has 0 spiro atoms. The molecule has 3 fully saturated rings. The molecule has 2 saturated carbocycles. The maximum atomic E-state index is 6.32. The standard InChI is InChI=1S/C15H24N4/c1-10-7-19(12-5-6-12)15(17-10)18-8-11-3-2-4-14(16)13(11)9-18/h7,11-14H,2-6,8-9,16H2,1H3. The van der Waals surface area contributed by atoms with Gasteiger partial charge in [-0.25, -0.2) is 4.98 Å². The van der Waals surface area contributed by atoms with Crippen LogP contribution in [0.3, 0.4) is 0 Å². The van der Waals surface area contributed by atoms with Crippen molar-refractivity contribution in [1.82, 2.24) is 9.55 Å². The van der Waals surface area contributed by atoms with Crippen LogP contribution < -0.4 is 10.6 Å². The van der Waals surface area contributed by atoms with E-state index in [4.69, 9.17) is 10.7 Å². The Hall–Kier alpha value is -1.03. The van der Waals surface area contributed by atoms with Crippen molar-refractivity contribution in [2.75, 3.05) is 18.0 Å². The molecule has 4 nitrogen and oxygen atoms in total. The van der Waals surface area contributed by atoms with E-state index in [2.05, 4.69) is 22.6 Å². The predicted molar refractivity (Wildman–Crippen MR) is 76.3 cm³/mol. The van der Waals surface area contributed by atoms with E-state index in [-0.39, 0.29) is 0 Å². The molecule has 3 aliphatic rings. The second kappa shape index (κ2) is 4.23. The quantitative estimate of drug-likeness (QED) is 0.885. The first kappa shape index (κ1) is 11.8. The molecule has 2 aliphatic carbocycles. The van der Waals surface area contributed by atoms with Crippen molar-refractivity contribution in [2.24, 2.45) is 17.6 Å². The van der Waals surface area contributed by atoms with Gasteiger partial charge in [0.1, 0.15) is 0 Å². The Morgan fingerprint density at radius 2 is 2.05 bits per heavy atom. The fourth-order valence-corrected chi connectivity index (χ4v) is 4.04. The zero-order valence-electron chi connectivity index (χ0n) is 11.8. The van der Waals surface area contributed by atoms with E-state index in [1.807, 2.05) is 0 Å². The molecule has 19 heavy (non-hydrogen) atoms. The number of fused-ring (bicyclic) bond motifs is 1. The van der Waals surface area contributed by atoms with Gasteiger partial charge in [-0.05, 0) is 44.4 Å². The van der Waals surface area contributed by atoms with E-state index in [9.17, 15) is 0 Å². The lowest BCUT2D eigenvalue weighted by Crippen LogP contribution is -2.38. The smallest absolute Gasteiger partial charge is 0.205 e. The van der Waals surface area contributed by atoms with E-state index >= 15 is 0 Å². The summed E-state index contributed by atoms with van der Waals surface area (Å²) in [5, 5.41) is 0. The number of hydrogen-bond acceptors (Lipinski definition) is 3. The number of aryl methyl sites for hydroxylation is 1. The minimum atomic E-state index is 0.411. The van der Waals surface area contributed by atoms with E-state index in [0.717, 1.165) is 18.2 Å². The Morgan fingerprint density at radius 3 is 2.79 bits per heavy atom. The summed E-state index contributed by atoms with van der Waals surface area (Å²) in [4.78, 5) is 7.29. The topological polar surface area (TPSA) is 47.1 Å². The van der Waals surface area contributed by atoms with Gasteiger partial charge in [-0.2, -0.15) is 0 Å². The van der Waals surface area contributed by atoms with Crippen LogP contribution in [0, 0.1) is 18.8 Å². The third-order valence-electron chi connectivity index (χ3n) is 5.21. The Morgan fingerprint density at radius 1 is 1.21 bits per heavy atom. The molecular formula is C15H24N4. The molecule has 3 atom stereocenters. The van der Waals surface area contributed by atoms with Crippen molar-refractivity contribution in [3.8, 4) is 0 Å². The van der Waals surface area contributed by atoms with Gasteiger partial charge in [0.15, 0.2) is 0 Å². The third-order valence-corrected chi connectivity index (χ3v) is 5.21. The number of imidazole rings is 1. The van der Waals surface area contributed by atoms with Crippen LogP contribution in [-0.2, 0) is 0 Å². The monoisotopic (exact) mass is 260 g/mol. The van der Waals surface area contributed by atoms with Crippen LogP contribution in [0.15, 0.2) is 6.20 Å². The van der Waals surface area contributed by atoms with Crippen LogP contribution in [0.1, 0.15) is 43.8 Å². The SMILES string of the molecule is Cc1cn(C2CC2)c(N2CC3CCCC(N)C3C2)n1. The van der Waals surface area contributed by atoms with Gasteiger partial charge in [0.25, 0.3) is 0 Å². The van der Waals surface area contributed by atoms with E-state index < -0.39 is 0 Å². The zero-order chi connectivity index (χ0) is 13.0. The minimum Gasteiger partial charge on any atom is -0.342 e. The van der Waals surface area contributed by atoms with Crippen LogP contribution in [0.2, 0.25) is 0 Å². The van der Waals surface area contributed by atoms with Gasteiger partial charge in [0, 0.05) is 31.4 Å². The number of nitrogens with zero attached hydrogens (tertiary/aromatic N) is 3. The Kier molecular flexibility index (Phi) is 2.62. The summed E-state index contributed by atoms with van der Waals surface area (Å²) in [5.41, 5.74) is 7.48. The van der Waals surface area contributed by atoms with Crippen molar-refractivity contribution >= 4 is 5.95 Å². The van der Waals surface area contributed by atoms with Crippen molar-refractivity contribution in [2.45, 2.75) is 51.1 Å². The summed E-state index contributed by atoms with van der Waals surface area (Å²) < 4.78 is 2.41. The van der Waals surface area contributed by atoms with Crippen LogP contribution in [-0.4, -0.2) is 28.7 Å². The molecular weight excluding hydrogens is 236 g/mol. The number of rotatable bonds is 2. The molecule has 1 aromatic heterocycles. The number of hydrogen-bond donors (Lipinski definition) is 1. The van der Waals surface area contributed by atoms with Gasteiger partial charge in [-0.3, -0.25) is 0 Å². The molecule has 0 bridgehead atoms. The van der Waals surface area contributed by atoms with Crippen molar-refractivity contribution in [3.63, 3.8) is 0 Å². The van der Waals surface area contributed by atoms with E-state index in [1.54, 1.807) is 0 Å². The normalized spacial score (nSPS) is 34.6. The predicted octanol–water partition coefficient (Wildman–Crippen LogP) is 2.09. The summed E-state index contributed by atoms with van der Waals surface area (Å²) in [7, 11) is 0. The van der Waals surface area contributed by atoms with Crippen LogP contribution >= 0.6 is 0 Å². The van der Waals surface area contributed by atoms with Crippen molar-refractivity contribution < 1.29 is 0 Å². The van der Waals surface area contributed by atoms with Crippen LogP contribution in [0.4, 0.5) is 5.95 Å². The van der Waals surface area contributed by atoms with Gasteiger partial charge < -0.3 is 15.2 Å². The average molecular weight is 260 g/mol. The Balaban J connectivity index is 1.60. The Labute approximate surface area is 115 Å². The van der Waals surface area contributed by atoms with Crippen molar-refractivity contribution in [3.05, 3.63) is 11.9 Å². The molecule has 1 aliphatic heterocycles. The first-order chi connectivity index (χ1) is 9.22. The van der Waals surface area contributed by atoms with Gasteiger partial charge in [0.05, 0.1) is 5.69 Å². The Bertz CT molecular complexity index is 476. The molecule has 0 aromatic carbocycles. The lowest BCUT2D eigenvalue weighted by atomic mass is 9.78. The fraction of sp³-hybridized carbons (Fsp3) is 0.800. The fourth-order valence-electron chi connectivity index (χ4n) is 4.04. The molecule has 4 heteroatoms. The van der Waals surface area contributed by atoms with E-state index in [0.29, 0.717) is 18.0 Å². The molecule has 4 rings (SSSR count). The summed E-state index contributed by atoms with van der Waals surface area (Å²) in [6.45, 7) is 4.40. The highest BCUT2D eigenvalue weighted by Gasteiger charge is 2.40. The van der Waals surface area contributed by atoms with Crippen LogP contribution in [0.25, 0.3) is 0 Å². The zero-order valence-corrected chi connectivity index (χ0v) is 11.8. The summed E-state index contributed by atoms with van der Waals surface area (Å²) in [6.07, 6.45) is 8.76. The highest BCUT2D eigenvalue weighted by molar-refractivity contribution is 5.37. The largest absolute Gasteiger partial charge is 0.342 e. The van der Waals surface area contributed by atoms with Crippen LogP contribution in [0.5, 0.6) is 0 Å². The number of aromatic nitrogens is 2. The second-order valence-corrected chi connectivity index (χ2v) is 6.74. The van der Waals surface area contributed by atoms with E-state index in [1.165, 1.54) is 44.6 Å². The maximum absolute atomic E-state index is 6.32. The first-order valence-electron chi connectivity index (χ1n) is 7.78. The minimum absolute atomic E-state index is 0.411. The summed E-state index contributed by atoms with van der Waals surface area (Å²) in [6, 6.07) is 1.13. The van der Waals surface area contributed by atoms with Gasteiger partial charge in [0.2, 0.25) is 5.95 Å². The van der Waals surface area contributed by atoms with Gasteiger partial charge in [-0.15, -0.1) is 0 Å². The summed E-state index contributed by atoms with van der Waals surface area (Å²) >= 11 is 0. The third kappa shape index (κ3) is 1.97. The maximum Gasteiger partial charge on any atom is 0.205 e. The molecule has 0 amide bonds. The first-order valence-corrected chi connectivity index (χ1v) is 7.78. The molecule has 0 radical (unpaired) electrons. The lowest BCUT2D eigenvalue weighted by Gasteiger charge is -2.29. The molecule has 1 saturated heterocycles. The molecule has 3 unspecified atom stereocenters. The van der Waals surface area contributed by atoms with Gasteiger partial charge in [-0.1, -0.05) is 6.42 Å². The lowest BCUT2D eigenvalue weighted by molar-refractivity contribution is 0.260. The molecule has 1 aromatic rings. The highest BCUT2D eigenvalue weighted by Crippen LogP contribution is 2.41. The second-order valence-electron chi connectivity index (χ2n) is 6.74. The molecule has 104 valence electrons. The molecule has 2 N–H and O–H groups in total. The summed E-state index contributed by atoms with van der Waals surface area (Å²) in [5.74, 6) is 2.70. The van der Waals surface area contributed by atoms with Gasteiger partial charge >= 0.3 is 0 Å². The van der Waals surface area contributed by atoms with Crippen molar-refractivity contribution in [1.29, 1.82) is 0 Å². The number of anilines is 1. The number of nitrogens with two attached hydrogens (primary N) is 1. The molecule has 2 heterocycles. The highest BCUT2D eigenvalue weighted by atomic mass is 15.3.